The lowest BCUT2D eigenvalue weighted by Gasteiger charge is -2.02. The lowest BCUT2D eigenvalue weighted by atomic mass is 10.0. The lowest BCUT2D eigenvalue weighted by molar-refractivity contribution is 1.40. The molecule has 0 unspecified atom stereocenters. The topological polar surface area (TPSA) is 12.9 Å². The Kier molecular flexibility index (Phi) is 3.47. The Hall–Kier alpha value is -2.45. The van der Waals surface area contributed by atoms with E-state index in [1.807, 2.05) is 6.07 Å². The summed E-state index contributed by atoms with van der Waals surface area (Å²) >= 11 is 1.78. The van der Waals surface area contributed by atoms with Crippen molar-refractivity contribution in [3.8, 4) is 21.7 Å². The van der Waals surface area contributed by atoms with Gasteiger partial charge < -0.3 is 0 Å². The fourth-order valence-electron chi connectivity index (χ4n) is 2.82. The van der Waals surface area contributed by atoms with Gasteiger partial charge in [-0.2, -0.15) is 0 Å². The van der Waals surface area contributed by atoms with E-state index in [9.17, 15) is 0 Å². The van der Waals surface area contributed by atoms with E-state index in [1.54, 1.807) is 11.3 Å². The first-order valence-electron chi connectivity index (χ1n) is 7.75. The van der Waals surface area contributed by atoms with Crippen LogP contribution in [-0.4, -0.2) is 4.98 Å². The van der Waals surface area contributed by atoms with E-state index in [4.69, 9.17) is 4.98 Å². The largest absolute Gasteiger partial charge is 0.236 e. The minimum Gasteiger partial charge on any atom is -0.236 e. The number of benzene rings is 3. The molecule has 0 saturated carbocycles. The Morgan fingerprint density at radius 3 is 1.96 bits per heavy atom. The predicted octanol–water partition coefficient (Wildman–Crippen LogP) is 6.25. The van der Waals surface area contributed by atoms with Crippen molar-refractivity contribution in [1.29, 1.82) is 0 Å². The Morgan fingerprint density at radius 1 is 0.652 bits per heavy atom. The first-order chi connectivity index (χ1) is 11.2. The van der Waals surface area contributed by atoms with Crippen LogP contribution in [0.2, 0.25) is 0 Å². The van der Waals surface area contributed by atoms with Crippen LogP contribution in [0.25, 0.3) is 31.9 Å². The minimum atomic E-state index is 1.09. The summed E-state index contributed by atoms with van der Waals surface area (Å²) < 4.78 is 1.30. The number of hydrogen-bond donors (Lipinski definition) is 0. The number of aryl methyl sites for hydroxylation is 2. The second-order valence-corrected chi connectivity index (χ2v) is 6.84. The smallest absolute Gasteiger partial charge is 0.124 e. The van der Waals surface area contributed by atoms with Crippen molar-refractivity contribution in [3.63, 3.8) is 0 Å². The quantitative estimate of drug-likeness (QED) is 0.426. The lowest BCUT2D eigenvalue weighted by Crippen LogP contribution is -1.81. The molecule has 3 aromatic carbocycles. The third-order valence-corrected chi connectivity index (χ3v) is 5.42. The van der Waals surface area contributed by atoms with Crippen LogP contribution in [0.3, 0.4) is 0 Å². The molecule has 4 aromatic rings. The zero-order valence-corrected chi connectivity index (χ0v) is 14.0. The van der Waals surface area contributed by atoms with Gasteiger partial charge in [0.05, 0.1) is 10.2 Å². The minimum absolute atomic E-state index is 1.09. The Labute approximate surface area is 140 Å². The maximum absolute atomic E-state index is 4.86. The van der Waals surface area contributed by atoms with Crippen LogP contribution in [0.5, 0.6) is 0 Å². The van der Waals surface area contributed by atoms with Crippen molar-refractivity contribution in [1.82, 2.24) is 4.98 Å². The van der Waals surface area contributed by atoms with E-state index in [0.29, 0.717) is 0 Å². The van der Waals surface area contributed by atoms with Gasteiger partial charge in [0.1, 0.15) is 5.01 Å². The summed E-state index contributed by atoms with van der Waals surface area (Å²) in [5.74, 6) is 0. The summed E-state index contributed by atoms with van der Waals surface area (Å²) in [5, 5.41) is 1.09. The molecular weight excluding hydrogens is 298 g/mol. The molecule has 0 aliphatic heterocycles. The van der Waals surface area contributed by atoms with Crippen molar-refractivity contribution in [2.24, 2.45) is 0 Å². The molecule has 1 heterocycles. The molecule has 0 fully saturated rings. The second-order valence-electron chi connectivity index (χ2n) is 5.84. The van der Waals surface area contributed by atoms with E-state index in [1.165, 1.54) is 32.5 Å². The molecule has 2 heteroatoms. The van der Waals surface area contributed by atoms with Crippen LogP contribution in [-0.2, 0) is 0 Å². The van der Waals surface area contributed by atoms with Crippen LogP contribution in [0.1, 0.15) is 11.1 Å². The number of rotatable bonds is 2. The van der Waals surface area contributed by atoms with E-state index in [2.05, 4.69) is 74.5 Å². The van der Waals surface area contributed by atoms with Crippen molar-refractivity contribution in [3.05, 3.63) is 77.9 Å². The van der Waals surface area contributed by atoms with E-state index in [-0.39, 0.29) is 0 Å². The Bertz CT molecular complexity index is 927. The van der Waals surface area contributed by atoms with Crippen molar-refractivity contribution >= 4 is 21.6 Å². The van der Waals surface area contributed by atoms with E-state index >= 15 is 0 Å². The van der Waals surface area contributed by atoms with Gasteiger partial charge in [-0.1, -0.05) is 66.7 Å². The summed E-state index contributed by atoms with van der Waals surface area (Å²) in [7, 11) is 0. The molecule has 0 saturated heterocycles. The highest BCUT2D eigenvalue weighted by atomic mass is 32.1. The second kappa shape index (κ2) is 5.64. The summed E-state index contributed by atoms with van der Waals surface area (Å²) in [6.45, 7) is 4.28. The van der Waals surface area contributed by atoms with Gasteiger partial charge in [0.2, 0.25) is 0 Å². The van der Waals surface area contributed by atoms with Gasteiger partial charge in [-0.05, 0) is 36.1 Å². The molecule has 0 radical (unpaired) electrons. The van der Waals surface area contributed by atoms with Gasteiger partial charge in [0.25, 0.3) is 0 Å². The van der Waals surface area contributed by atoms with Crippen molar-refractivity contribution < 1.29 is 0 Å². The maximum Gasteiger partial charge on any atom is 0.124 e. The van der Waals surface area contributed by atoms with Crippen LogP contribution >= 0.6 is 11.3 Å². The monoisotopic (exact) mass is 315 g/mol. The molecule has 1 nitrogen and oxygen atoms in total. The molecule has 0 aliphatic carbocycles. The molecule has 112 valence electrons. The van der Waals surface area contributed by atoms with Gasteiger partial charge in [0, 0.05) is 5.56 Å². The summed E-state index contributed by atoms with van der Waals surface area (Å²) in [5.41, 5.74) is 7.35. The average molecular weight is 315 g/mol. The van der Waals surface area contributed by atoms with Crippen LogP contribution < -0.4 is 0 Å². The third-order valence-electron chi connectivity index (χ3n) is 4.18. The fourth-order valence-corrected chi connectivity index (χ4v) is 3.94. The van der Waals surface area contributed by atoms with Crippen LogP contribution in [0.4, 0.5) is 0 Å². The number of hydrogen-bond acceptors (Lipinski definition) is 2. The molecule has 0 spiro atoms. The van der Waals surface area contributed by atoms with Gasteiger partial charge in [-0.3, -0.25) is 0 Å². The Morgan fingerprint density at radius 2 is 1.26 bits per heavy atom. The molecule has 0 N–H and O–H groups in total. The van der Waals surface area contributed by atoms with Crippen molar-refractivity contribution in [2.75, 3.05) is 0 Å². The summed E-state index contributed by atoms with van der Waals surface area (Å²) in [4.78, 5) is 4.86. The van der Waals surface area contributed by atoms with E-state index in [0.717, 1.165) is 10.5 Å². The molecule has 0 aliphatic rings. The molecule has 1 aromatic heterocycles. The molecule has 0 amide bonds. The van der Waals surface area contributed by atoms with Gasteiger partial charge >= 0.3 is 0 Å². The van der Waals surface area contributed by atoms with Gasteiger partial charge in [-0.15, -0.1) is 11.3 Å². The average Bonchev–Trinajstić information content (AvgIpc) is 3.06. The van der Waals surface area contributed by atoms with Crippen LogP contribution in [0.15, 0.2) is 66.7 Å². The van der Waals surface area contributed by atoms with Gasteiger partial charge in [0.15, 0.2) is 0 Å². The number of fused-ring (bicyclic) bond motifs is 1. The molecule has 0 atom stereocenters. The number of thiazole rings is 1. The van der Waals surface area contributed by atoms with Crippen molar-refractivity contribution in [2.45, 2.75) is 13.8 Å². The summed E-state index contributed by atoms with van der Waals surface area (Å²) in [6.07, 6.45) is 0. The first kappa shape index (κ1) is 14.2. The predicted molar refractivity (Wildman–Crippen MR) is 100.0 cm³/mol. The number of nitrogens with zero attached hydrogens (tertiary/aromatic N) is 1. The highest BCUT2D eigenvalue weighted by Crippen LogP contribution is 2.34. The zero-order chi connectivity index (χ0) is 15.8. The standard InChI is InChI=1S/C21H17NS/c1-14-8-9-15(2)20-19(14)22-21(23-20)18-12-10-17(11-13-18)16-6-4-3-5-7-16/h3-13H,1-2H3. The Balaban J connectivity index is 1.77. The first-order valence-corrected chi connectivity index (χ1v) is 8.56. The summed E-state index contributed by atoms with van der Waals surface area (Å²) in [6, 6.07) is 23.5. The third kappa shape index (κ3) is 2.55. The maximum atomic E-state index is 4.86. The molecular formula is C21H17NS. The van der Waals surface area contributed by atoms with Crippen LogP contribution in [0, 0.1) is 13.8 Å². The molecule has 23 heavy (non-hydrogen) atoms. The van der Waals surface area contributed by atoms with E-state index < -0.39 is 0 Å². The van der Waals surface area contributed by atoms with Gasteiger partial charge in [-0.25, -0.2) is 4.98 Å². The molecule has 0 bridgehead atoms. The normalized spacial score (nSPS) is 11.0. The highest BCUT2D eigenvalue weighted by Gasteiger charge is 2.10. The molecule has 4 rings (SSSR count). The fraction of sp³-hybridized carbons (Fsp3) is 0.0952. The SMILES string of the molecule is Cc1ccc(C)c2sc(-c3ccc(-c4ccccc4)cc3)nc12. The zero-order valence-electron chi connectivity index (χ0n) is 13.2. The number of aromatic nitrogens is 1. The highest BCUT2D eigenvalue weighted by molar-refractivity contribution is 7.21.